The fourth-order valence-corrected chi connectivity index (χ4v) is 3.97. The molecule has 0 aliphatic heterocycles. The molecule has 0 atom stereocenters. The van der Waals surface area contributed by atoms with Gasteiger partial charge in [-0.15, -0.1) is 22.7 Å². The number of unbranched alkanes of at least 4 members (excludes halogenated alkanes) is 1. The minimum Gasteiger partial charge on any atom is -0.357 e. The van der Waals surface area contributed by atoms with Gasteiger partial charge in [0.25, 0.3) is 0 Å². The lowest BCUT2D eigenvalue weighted by Gasteiger charge is -2.10. The highest BCUT2D eigenvalue weighted by atomic mass is 32.1. The SMILES string of the molecule is CCNC(=NCc1nc(C(C)C)cs1)NCCCCc1nc(C)cs1. The molecule has 2 aromatic heterocycles. The minimum atomic E-state index is 0.474. The lowest BCUT2D eigenvalue weighted by atomic mass is 10.2. The van der Waals surface area contributed by atoms with Crippen LogP contribution in [0.5, 0.6) is 0 Å². The van der Waals surface area contributed by atoms with E-state index in [0.717, 1.165) is 54.7 Å². The zero-order valence-corrected chi connectivity index (χ0v) is 17.3. The van der Waals surface area contributed by atoms with E-state index in [1.165, 1.54) is 5.01 Å². The summed E-state index contributed by atoms with van der Waals surface area (Å²) in [5, 5.41) is 13.3. The van der Waals surface area contributed by atoms with Gasteiger partial charge >= 0.3 is 0 Å². The van der Waals surface area contributed by atoms with Gasteiger partial charge in [-0.2, -0.15) is 0 Å². The predicted molar refractivity (Wildman–Crippen MR) is 109 cm³/mol. The standard InChI is InChI=1S/C18H29N5S2/c1-5-19-18(21-10-17-23-15(12-25-17)13(2)3)20-9-7-6-8-16-22-14(4)11-24-16/h11-13H,5-10H2,1-4H3,(H2,19,20,21). The number of aliphatic imine (C=N–C) groups is 1. The van der Waals surface area contributed by atoms with Crippen LogP contribution in [0.2, 0.25) is 0 Å². The van der Waals surface area contributed by atoms with Gasteiger partial charge in [-0.25, -0.2) is 15.0 Å². The van der Waals surface area contributed by atoms with Crippen LogP contribution in [0.1, 0.15) is 60.9 Å². The second-order valence-electron chi connectivity index (χ2n) is 6.28. The Morgan fingerprint density at radius 1 is 1.12 bits per heavy atom. The van der Waals surface area contributed by atoms with E-state index in [1.807, 2.05) is 6.92 Å². The van der Waals surface area contributed by atoms with Gasteiger partial charge in [-0.1, -0.05) is 13.8 Å². The van der Waals surface area contributed by atoms with E-state index in [1.54, 1.807) is 22.7 Å². The molecule has 0 aliphatic carbocycles. The molecular formula is C18H29N5S2. The van der Waals surface area contributed by atoms with Crippen LogP contribution in [0.25, 0.3) is 0 Å². The molecule has 0 radical (unpaired) electrons. The summed E-state index contributed by atoms with van der Waals surface area (Å²) in [4.78, 5) is 13.8. The molecule has 0 amide bonds. The van der Waals surface area contributed by atoms with Gasteiger partial charge in [0, 0.05) is 29.5 Å². The smallest absolute Gasteiger partial charge is 0.191 e. The number of hydrogen-bond donors (Lipinski definition) is 2. The Hall–Kier alpha value is -1.47. The Kier molecular flexibility index (Phi) is 8.34. The highest BCUT2D eigenvalue weighted by Gasteiger charge is 2.05. The first kappa shape index (κ1) is 19.8. The molecule has 7 heteroatoms. The number of hydrogen-bond acceptors (Lipinski definition) is 5. The first-order valence-corrected chi connectivity index (χ1v) is 10.7. The summed E-state index contributed by atoms with van der Waals surface area (Å²) in [7, 11) is 0. The van der Waals surface area contributed by atoms with Crippen molar-refractivity contribution in [2.24, 2.45) is 4.99 Å². The van der Waals surface area contributed by atoms with Crippen molar-refractivity contribution in [3.8, 4) is 0 Å². The summed E-state index contributed by atoms with van der Waals surface area (Å²) in [5.41, 5.74) is 2.29. The Morgan fingerprint density at radius 2 is 1.92 bits per heavy atom. The van der Waals surface area contributed by atoms with Gasteiger partial charge < -0.3 is 10.6 Å². The third-order valence-electron chi connectivity index (χ3n) is 3.65. The molecule has 5 nitrogen and oxygen atoms in total. The summed E-state index contributed by atoms with van der Waals surface area (Å²) in [5.74, 6) is 1.34. The molecule has 0 aromatic carbocycles. The maximum absolute atomic E-state index is 4.65. The quantitative estimate of drug-likeness (QED) is 0.391. The van der Waals surface area contributed by atoms with Crippen molar-refractivity contribution >= 4 is 28.6 Å². The molecule has 2 heterocycles. The van der Waals surface area contributed by atoms with Crippen molar-refractivity contribution in [3.63, 3.8) is 0 Å². The number of nitrogens with one attached hydrogen (secondary N) is 2. The first-order chi connectivity index (χ1) is 12.1. The number of nitrogens with zero attached hydrogens (tertiary/aromatic N) is 3. The monoisotopic (exact) mass is 379 g/mol. The van der Waals surface area contributed by atoms with Gasteiger partial charge in [0.05, 0.1) is 17.2 Å². The molecule has 0 aliphatic rings. The van der Waals surface area contributed by atoms with Crippen LogP contribution in [0.15, 0.2) is 15.8 Å². The maximum atomic E-state index is 4.65. The van der Waals surface area contributed by atoms with E-state index in [4.69, 9.17) is 0 Å². The summed E-state index contributed by atoms with van der Waals surface area (Å²) >= 11 is 3.45. The van der Waals surface area contributed by atoms with E-state index >= 15 is 0 Å². The average molecular weight is 380 g/mol. The van der Waals surface area contributed by atoms with E-state index in [0.29, 0.717) is 12.5 Å². The lowest BCUT2D eigenvalue weighted by molar-refractivity contribution is 0.692. The van der Waals surface area contributed by atoms with Crippen molar-refractivity contribution in [2.75, 3.05) is 13.1 Å². The average Bonchev–Trinajstić information content (AvgIpc) is 3.21. The summed E-state index contributed by atoms with van der Waals surface area (Å²) in [6, 6.07) is 0. The van der Waals surface area contributed by atoms with Gasteiger partial charge in [0.15, 0.2) is 5.96 Å². The topological polar surface area (TPSA) is 62.2 Å². The third kappa shape index (κ3) is 7.12. The van der Waals surface area contributed by atoms with Gasteiger partial charge in [-0.3, -0.25) is 0 Å². The largest absolute Gasteiger partial charge is 0.357 e. The summed E-state index contributed by atoms with van der Waals surface area (Å²) in [6.45, 7) is 10.9. The van der Waals surface area contributed by atoms with Crippen LogP contribution >= 0.6 is 22.7 Å². The molecule has 2 rings (SSSR count). The number of thiazole rings is 2. The molecule has 2 N–H and O–H groups in total. The normalized spacial score (nSPS) is 12.0. The number of aromatic nitrogens is 2. The fraction of sp³-hybridized carbons (Fsp3) is 0.611. The molecule has 0 saturated heterocycles. The summed E-state index contributed by atoms with van der Waals surface area (Å²) in [6.07, 6.45) is 3.31. The van der Waals surface area contributed by atoms with Crippen LogP contribution in [0, 0.1) is 6.92 Å². The first-order valence-electron chi connectivity index (χ1n) is 8.96. The van der Waals surface area contributed by atoms with Gasteiger partial charge in [-0.05, 0) is 39.0 Å². The second-order valence-corrected chi connectivity index (χ2v) is 8.17. The zero-order chi connectivity index (χ0) is 18.1. The predicted octanol–water partition coefficient (Wildman–Crippen LogP) is 4.11. The Labute approximate surface area is 159 Å². The number of aryl methyl sites for hydroxylation is 2. The zero-order valence-electron chi connectivity index (χ0n) is 15.6. The molecule has 0 unspecified atom stereocenters. The molecule has 2 aromatic rings. The van der Waals surface area contributed by atoms with E-state index in [9.17, 15) is 0 Å². The molecular weight excluding hydrogens is 350 g/mol. The van der Waals surface area contributed by atoms with E-state index in [2.05, 4.69) is 57.1 Å². The molecule has 0 bridgehead atoms. The highest BCUT2D eigenvalue weighted by Crippen LogP contribution is 2.18. The van der Waals surface area contributed by atoms with Crippen LogP contribution in [0.4, 0.5) is 0 Å². The second kappa shape index (κ2) is 10.5. The molecule has 25 heavy (non-hydrogen) atoms. The molecule has 0 spiro atoms. The van der Waals surface area contributed by atoms with Crippen molar-refractivity contribution in [1.82, 2.24) is 20.6 Å². The van der Waals surface area contributed by atoms with Crippen molar-refractivity contribution in [3.05, 3.63) is 32.2 Å². The maximum Gasteiger partial charge on any atom is 0.191 e. The van der Waals surface area contributed by atoms with Gasteiger partial charge in [0.2, 0.25) is 0 Å². The van der Waals surface area contributed by atoms with Crippen LogP contribution in [-0.2, 0) is 13.0 Å². The third-order valence-corrected chi connectivity index (χ3v) is 5.53. The van der Waals surface area contributed by atoms with Gasteiger partial charge in [0.1, 0.15) is 5.01 Å². The van der Waals surface area contributed by atoms with Crippen LogP contribution in [0.3, 0.4) is 0 Å². The highest BCUT2D eigenvalue weighted by molar-refractivity contribution is 7.09. The summed E-state index contributed by atoms with van der Waals surface area (Å²) < 4.78 is 0. The van der Waals surface area contributed by atoms with Crippen molar-refractivity contribution < 1.29 is 0 Å². The van der Waals surface area contributed by atoms with Crippen molar-refractivity contribution in [1.29, 1.82) is 0 Å². The minimum absolute atomic E-state index is 0.474. The fourth-order valence-electron chi connectivity index (χ4n) is 2.28. The lowest BCUT2D eigenvalue weighted by Crippen LogP contribution is -2.37. The Bertz CT molecular complexity index is 660. The molecule has 0 saturated carbocycles. The molecule has 0 fully saturated rings. The Balaban J connectivity index is 1.73. The van der Waals surface area contributed by atoms with Crippen molar-refractivity contribution in [2.45, 2.75) is 59.4 Å². The Morgan fingerprint density at radius 3 is 2.56 bits per heavy atom. The number of rotatable bonds is 9. The van der Waals surface area contributed by atoms with E-state index < -0.39 is 0 Å². The molecule has 138 valence electrons. The van der Waals surface area contributed by atoms with Crippen LogP contribution in [-0.4, -0.2) is 29.0 Å². The van der Waals surface area contributed by atoms with E-state index in [-0.39, 0.29) is 0 Å². The van der Waals surface area contributed by atoms with Crippen LogP contribution < -0.4 is 10.6 Å². The number of guanidine groups is 1.